The molecule has 5 heteroatoms. The zero-order chi connectivity index (χ0) is 28.7. The van der Waals surface area contributed by atoms with Crippen molar-refractivity contribution in [1.29, 1.82) is 0 Å². The van der Waals surface area contributed by atoms with Crippen molar-refractivity contribution in [3.63, 3.8) is 0 Å². The van der Waals surface area contributed by atoms with E-state index in [1.165, 1.54) is 22.3 Å². The van der Waals surface area contributed by atoms with Gasteiger partial charge >= 0.3 is 5.97 Å². The lowest BCUT2D eigenvalue weighted by atomic mass is 9.74. The van der Waals surface area contributed by atoms with Gasteiger partial charge in [0.1, 0.15) is 5.41 Å². The highest BCUT2D eigenvalue weighted by Crippen LogP contribution is 2.51. The summed E-state index contributed by atoms with van der Waals surface area (Å²) in [6.45, 7) is 4.12. The van der Waals surface area contributed by atoms with Crippen molar-refractivity contribution < 1.29 is 14.7 Å². The molecule has 1 heterocycles. The van der Waals surface area contributed by atoms with Crippen LogP contribution >= 0.6 is 0 Å². The van der Waals surface area contributed by atoms with E-state index in [0.29, 0.717) is 12.8 Å². The average Bonchev–Trinajstić information content (AvgIpc) is 3.54. The molecule has 2 aliphatic carbocycles. The summed E-state index contributed by atoms with van der Waals surface area (Å²) in [6.07, 6.45) is 3.73. The fraction of sp³-hybridized carbons (Fsp3) is 0.297. The molecule has 0 spiro atoms. The van der Waals surface area contributed by atoms with E-state index >= 15 is 0 Å². The maximum Gasteiger partial charge on any atom is 0.318 e. The molecule has 3 aliphatic rings. The first-order valence-electron chi connectivity index (χ1n) is 15.2. The predicted molar refractivity (Wildman–Crippen MR) is 166 cm³/mol. The van der Waals surface area contributed by atoms with E-state index in [2.05, 4.69) is 47.4 Å². The SMILES string of the molecule is O=C(Cc1cccc2c1-c1ccccc1C2)N1CCN(CCCCC2(C(=O)O)c3ccccc3-c3ccccc32)CC1. The van der Waals surface area contributed by atoms with E-state index in [-0.39, 0.29) is 5.91 Å². The van der Waals surface area contributed by atoms with Gasteiger partial charge < -0.3 is 10.0 Å². The first-order chi connectivity index (χ1) is 20.6. The predicted octanol–water partition coefficient (Wildman–Crippen LogP) is 6.17. The monoisotopic (exact) mass is 556 g/mol. The minimum Gasteiger partial charge on any atom is -0.480 e. The number of aliphatic carboxylic acids is 1. The second kappa shape index (κ2) is 10.9. The van der Waals surface area contributed by atoms with Crippen molar-refractivity contribution >= 4 is 11.9 Å². The van der Waals surface area contributed by atoms with Gasteiger partial charge in [0.2, 0.25) is 5.91 Å². The zero-order valence-corrected chi connectivity index (χ0v) is 23.9. The lowest BCUT2D eigenvalue weighted by Crippen LogP contribution is -2.49. The van der Waals surface area contributed by atoms with Crippen LogP contribution in [0.25, 0.3) is 22.3 Å². The molecule has 1 amide bonds. The fourth-order valence-corrected chi connectivity index (χ4v) is 7.57. The number of benzene rings is 4. The van der Waals surface area contributed by atoms with Gasteiger partial charge in [0, 0.05) is 26.2 Å². The molecule has 7 rings (SSSR count). The van der Waals surface area contributed by atoms with Crippen LogP contribution in [0.1, 0.15) is 47.1 Å². The lowest BCUT2D eigenvalue weighted by Gasteiger charge is -2.35. The van der Waals surface area contributed by atoms with Crippen molar-refractivity contribution in [2.45, 2.75) is 37.5 Å². The summed E-state index contributed by atoms with van der Waals surface area (Å²) in [4.78, 5) is 30.6. The molecule has 0 atom stereocenters. The van der Waals surface area contributed by atoms with Gasteiger partial charge in [-0.2, -0.15) is 0 Å². The molecule has 42 heavy (non-hydrogen) atoms. The molecule has 0 radical (unpaired) electrons. The fourth-order valence-electron chi connectivity index (χ4n) is 7.57. The summed E-state index contributed by atoms with van der Waals surface area (Å²) in [6, 6.07) is 30.9. The Hall–Kier alpha value is -4.22. The van der Waals surface area contributed by atoms with E-state index in [1.54, 1.807) is 0 Å². The van der Waals surface area contributed by atoms with E-state index in [4.69, 9.17) is 0 Å². The molecule has 1 fully saturated rings. The summed E-state index contributed by atoms with van der Waals surface area (Å²) in [5.74, 6) is -0.561. The van der Waals surface area contributed by atoms with Crippen molar-refractivity contribution in [2.24, 2.45) is 0 Å². The van der Waals surface area contributed by atoms with Gasteiger partial charge in [-0.1, -0.05) is 97.4 Å². The second-order valence-electron chi connectivity index (χ2n) is 11.9. The highest BCUT2D eigenvalue weighted by molar-refractivity contribution is 5.97. The standard InChI is InChI=1S/C37H36N2O3/c40-34(25-28-12-9-11-27-24-26-10-1-2-13-29(26)35(27)28)39-22-20-38(21-23-39)19-8-7-18-37(36(41)42)32-16-5-3-14-30(32)31-15-4-6-17-33(31)37/h1-6,9-17H,7-8,18-25H2,(H,41,42). The Kier molecular flexibility index (Phi) is 6.91. The Bertz CT molecular complexity index is 1620. The van der Waals surface area contributed by atoms with Crippen LogP contribution in [0.4, 0.5) is 0 Å². The van der Waals surface area contributed by atoms with Gasteiger partial charge in [0.15, 0.2) is 0 Å². The molecule has 1 saturated heterocycles. The topological polar surface area (TPSA) is 60.9 Å². The third kappa shape index (κ3) is 4.44. The number of nitrogens with zero attached hydrogens (tertiary/aromatic N) is 2. The molecule has 0 aromatic heterocycles. The Balaban J connectivity index is 0.946. The van der Waals surface area contributed by atoms with Crippen molar-refractivity contribution in [3.05, 3.63) is 119 Å². The highest BCUT2D eigenvalue weighted by atomic mass is 16.4. The molecule has 0 bridgehead atoms. The molecule has 1 N–H and O–H groups in total. The second-order valence-corrected chi connectivity index (χ2v) is 11.9. The normalized spacial score (nSPS) is 16.4. The number of hydrogen-bond acceptors (Lipinski definition) is 3. The van der Waals surface area contributed by atoms with Gasteiger partial charge in [0.25, 0.3) is 0 Å². The molecular formula is C37H36N2O3. The molecule has 4 aromatic carbocycles. The summed E-state index contributed by atoms with van der Waals surface area (Å²) in [5, 5.41) is 10.5. The van der Waals surface area contributed by atoms with Gasteiger partial charge in [-0.3, -0.25) is 14.5 Å². The maximum atomic E-state index is 13.3. The average molecular weight is 557 g/mol. The van der Waals surface area contributed by atoms with Crippen molar-refractivity contribution in [3.8, 4) is 22.3 Å². The molecule has 0 unspecified atom stereocenters. The van der Waals surface area contributed by atoms with Gasteiger partial charge in [0.05, 0.1) is 6.42 Å². The summed E-state index contributed by atoms with van der Waals surface area (Å²) in [7, 11) is 0. The van der Waals surface area contributed by atoms with Crippen LogP contribution in [-0.4, -0.2) is 59.5 Å². The largest absolute Gasteiger partial charge is 0.480 e. The molecule has 212 valence electrons. The number of carboxylic acids is 1. The Morgan fingerprint density at radius 1 is 0.690 bits per heavy atom. The Morgan fingerprint density at radius 2 is 1.31 bits per heavy atom. The zero-order valence-electron chi connectivity index (χ0n) is 23.9. The van der Waals surface area contributed by atoms with Crippen LogP contribution in [-0.2, 0) is 27.8 Å². The highest BCUT2D eigenvalue weighted by Gasteiger charge is 2.48. The van der Waals surface area contributed by atoms with Gasteiger partial charge in [-0.15, -0.1) is 0 Å². The van der Waals surface area contributed by atoms with Crippen LogP contribution in [0.2, 0.25) is 0 Å². The number of carbonyl (C=O) groups is 2. The molecule has 0 saturated carbocycles. The van der Waals surface area contributed by atoms with E-state index in [9.17, 15) is 14.7 Å². The summed E-state index contributed by atoms with van der Waals surface area (Å²) < 4.78 is 0. The number of unbranched alkanes of at least 4 members (excludes halogenated alkanes) is 1. The van der Waals surface area contributed by atoms with Crippen LogP contribution < -0.4 is 0 Å². The summed E-state index contributed by atoms with van der Waals surface area (Å²) in [5.41, 5.74) is 9.25. The minimum absolute atomic E-state index is 0.203. The first-order valence-corrected chi connectivity index (χ1v) is 15.2. The first kappa shape index (κ1) is 26.7. The molecular weight excluding hydrogens is 520 g/mol. The van der Waals surface area contributed by atoms with Crippen LogP contribution in [0.3, 0.4) is 0 Å². The number of amides is 1. The quantitative estimate of drug-likeness (QED) is 0.232. The van der Waals surface area contributed by atoms with Gasteiger partial charge in [-0.05, 0) is 75.9 Å². The van der Waals surface area contributed by atoms with Crippen LogP contribution in [0.15, 0.2) is 91.0 Å². The van der Waals surface area contributed by atoms with E-state index in [0.717, 1.165) is 79.8 Å². The third-order valence-corrected chi connectivity index (χ3v) is 9.68. The number of piperazine rings is 1. The Labute approximate surface area is 247 Å². The van der Waals surface area contributed by atoms with Crippen LogP contribution in [0, 0.1) is 0 Å². The number of carbonyl (C=O) groups excluding carboxylic acids is 1. The summed E-state index contributed by atoms with van der Waals surface area (Å²) >= 11 is 0. The lowest BCUT2D eigenvalue weighted by molar-refractivity contribution is -0.142. The smallest absolute Gasteiger partial charge is 0.318 e. The maximum absolute atomic E-state index is 13.3. The number of rotatable bonds is 8. The third-order valence-electron chi connectivity index (χ3n) is 9.68. The van der Waals surface area contributed by atoms with Crippen LogP contribution in [0.5, 0.6) is 0 Å². The van der Waals surface area contributed by atoms with Crippen molar-refractivity contribution in [2.75, 3.05) is 32.7 Å². The van der Waals surface area contributed by atoms with Crippen molar-refractivity contribution in [1.82, 2.24) is 9.80 Å². The molecule has 5 nitrogen and oxygen atoms in total. The Morgan fingerprint density at radius 3 is 2.00 bits per heavy atom. The number of fused-ring (bicyclic) bond motifs is 6. The van der Waals surface area contributed by atoms with E-state index < -0.39 is 11.4 Å². The number of carboxylic acid groups (broad SMARTS) is 1. The molecule has 1 aliphatic heterocycles. The van der Waals surface area contributed by atoms with Gasteiger partial charge in [-0.25, -0.2) is 0 Å². The molecule has 4 aromatic rings. The van der Waals surface area contributed by atoms with E-state index in [1.807, 2.05) is 53.4 Å². The minimum atomic E-state index is -0.990. The number of hydrogen-bond donors (Lipinski definition) is 1.